The van der Waals surface area contributed by atoms with Gasteiger partial charge in [-0.15, -0.1) is 11.6 Å². The van der Waals surface area contributed by atoms with E-state index < -0.39 is 30.2 Å². The van der Waals surface area contributed by atoms with Crippen molar-refractivity contribution in [2.24, 2.45) is 0 Å². The molecule has 0 rings (SSSR count). The Balaban J connectivity index is 4.49. The number of aldehydes is 1. The molecule has 5 N–H and O–H groups in total. The lowest BCUT2D eigenvalue weighted by Gasteiger charge is -2.23. The van der Waals surface area contributed by atoms with Crippen molar-refractivity contribution in [2.75, 3.05) is 5.88 Å². The summed E-state index contributed by atoms with van der Waals surface area (Å²) < 4.78 is 0. The largest absolute Gasteiger partial charge is 0.510 e. The van der Waals surface area contributed by atoms with Crippen molar-refractivity contribution >= 4 is 17.9 Å². The smallest absolute Gasteiger partial charge is 0.151 e. The zero-order valence-corrected chi connectivity index (χ0v) is 8.45. The number of carbonyl (C=O) groups is 1. The third-order valence-corrected chi connectivity index (χ3v) is 1.91. The van der Waals surface area contributed by atoms with Gasteiger partial charge in [0.2, 0.25) is 0 Å². The van der Waals surface area contributed by atoms with E-state index in [-0.39, 0.29) is 12.2 Å². The fourth-order valence-electron chi connectivity index (χ4n) is 0.844. The molecule has 0 spiro atoms. The van der Waals surface area contributed by atoms with Crippen LogP contribution < -0.4 is 0 Å². The molecule has 0 saturated carbocycles. The van der Waals surface area contributed by atoms with Crippen LogP contribution in [0, 0.1) is 0 Å². The van der Waals surface area contributed by atoms with Crippen LogP contribution in [0.25, 0.3) is 0 Å². The Morgan fingerprint density at radius 1 is 1.20 bits per heavy atom. The molecule has 0 unspecified atom stereocenters. The van der Waals surface area contributed by atoms with E-state index in [1.807, 2.05) is 0 Å². The zero-order valence-electron chi connectivity index (χ0n) is 7.69. The third-order valence-electron chi connectivity index (χ3n) is 1.75. The molecule has 0 fully saturated rings. The highest BCUT2D eigenvalue weighted by molar-refractivity contribution is 6.18. The second kappa shape index (κ2) is 6.76. The topological polar surface area (TPSA) is 118 Å². The van der Waals surface area contributed by atoms with E-state index in [4.69, 9.17) is 26.9 Å². The van der Waals surface area contributed by atoms with Gasteiger partial charge in [-0.05, 0) is 6.08 Å². The number of carbonyl (C=O) groups excluding carboxylic acids is 1. The van der Waals surface area contributed by atoms with E-state index in [1.54, 1.807) is 0 Å². The van der Waals surface area contributed by atoms with E-state index in [9.17, 15) is 15.0 Å². The number of rotatable bonds is 6. The Kier molecular flexibility index (Phi) is 6.46. The van der Waals surface area contributed by atoms with Crippen LogP contribution in [-0.4, -0.2) is 62.1 Å². The van der Waals surface area contributed by atoms with Crippen LogP contribution in [0.3, 0.4) is 0 Å². The lowest BCUT2D eigenvalue weighted by molar-refractivity contribution is -0.132. The average molecular weight is 241 g/mol. The van der Waals surface area contributed by atoms with Gasteiger partial charge < -0.3 is 30.3 Å². The SMILES string of the molecule is O=C[C@H](O)[C@@H](O)[C@H](O)[C@H](O)C(O)=CCCl. The predicted octanol–water partition coefficient (Wildman–Crippen LogP) is -1.69. The number of hydrogen-bond acceptors (Lipinski definition) is 6. The number of hydrogen-bond donors (Lipinski definition) is 5. The van der Waals surface area contributed by atoms with Gasteiger partial charge in [0.25, 0.3) is 0 Å². The lowest BCUT2D eigenvalue weighted by atomic mass is 10.0. The molecule has 6 nitrogen and oxygen atoms in total. The first-order valence-electron chi connectivity index (χ1n) is 4.08. The van der Waals surface area contributed by atoms with Gasteiger partial charge in [0.1, 0.15) is 30.2 Å². The lowest BCUT2D eigenvalue weighted by Crippen LogP contribution is -2.45. The van der Waals surface area contributed by atoms with Gasteiger partial charge in [-0.1, -0.05) is 0 Å². The molecule has 0 heterocycles. The molecular formula is C8H13ClO6. The van der Waals surface area contributed by atoms with Crippen LogP contribution >= 0.6 is 11.6 Å². The van der Waals surface area contributed by atoms with Gasteiger partial charge in [-0.25, -0.2) is 0 Å². The number of halogens is 1. The number of aliphatic hydroxyl groups is 5. The highest BCUT2D eigenvalue weighted by Gasteiger charge is 2.32. The Morgan fingerprint density at radius 2 is 1.73 bits per heavy atom. The minimum Gasteiger partial charge on any atom is -0.510 e. The van der Waals surface area contributed by atoms with Crippen LogP contribution in [0.5, 0.6) is 0 Å². The van der Waals surface area contributed by atoms with Gasteiger partial charge in [-0.3, -0.25) is 0 Å². The minimum atomic E-state index is -1.89. The Hall–Kier alpha value is -0.660. The van der Waals surface area contributed by atoms with Crippen LogP contribution in [0.15, 0.2) is 11.8 Å². The van der Waals surface area contributed by atoms with Gasteiger partial charge >= 0.3 is 0 Å². The van der Waals surface area contributed by atoms with E-state index in [0.29, 0.717) is 0 Å². The van der Waals surface area contributed by atoms with Crippen LogP contribution in [0.2, 0.25) is 0 Å². The molecule has 0 saturated heterocycles. The summed E-state index contributed by atoms with van der Waals surface area (Å²) in [7, 11) is 0. The molecule has 0 aromatic rings. The summed E-state index contributed by atoms with van der Waals surface area (Å²) >= 11 is 5.22. The van der Waals surface area contributed by atoms with Crippen LogP contribution in [0.1, 0.15) is 0 Å². The summed E-state index contributed by atoms with van der Waals surface area (Å²) in [4.78, 5) is 10.1. The maximum absolute atomic E-state index is 10.1. The molecule has 0 radical (unpaired) electrons. The maximum Gasteiger partial charge on any atom is 0.151 e. The Bertz CT molecular complexity index is 231. The van der Waals surface area contributed by atoms with Gasteiger partial charge in [0.15, 0.2) is 6.29 Å². The summed E-state index contributed by atoms with van der Waals surface area (Å²) in [6.45, 7) is 0. The standard InChI is InChI=1S/C8H13ClO6/c9-2-1-4(11)6(13)8(15)7(14)5(12)3-10/h1,3,5-8,11-15H,2H2/t5-,6+,7+,8+/m0/s1. The third kappa shape index (κ3) is 4.15. The Morgan fingerprint density at radius 3 is 2.13 bits per heavy atom. The first-order chi connectivity index (χ1) is 6.95. The summed E-state index contributed by atoms with van der Waals surface area (Å²) in [5, 5.41) is 45.5. The molecular weight excluding hydrogens is 228 g/mol. The number of alkyl halides is 1. The normalized spacial score (nSPS) is 20.5. The maximum atomic E-state index is 10.1. The van der Waals surface area contributed by atoms with Gasteiger partial charge in [0, 0.05) is 5.88 Å². The molecule has 15 heavy (non-hydrogen) atoms. The molecule has 88 valence electrons. The molecule has 0 aliphatic rings. The molecule has 0 bridgehead atoms. The first-order valence-corrected chi connectivity index (χ1v) is 4.61. The summed E-state index contributed by atoms with van der Waals surface area (Å²) in [6, 6.07) is 0. The highest BCUT2D eigenvalue weighted by Crippen LogP contribution is 2.10. The van der Waals surface area contributed by atoms with Crippen molar-refractivity contribution in [1.82, 2.24) is 0 Å². The summed E-state index contributed by atoms with van der Waals surface area (Å²) in [6.07, 6.45) is -6.40. The average Bonchev–Trinajstić information content (AvgIpc) is 2.25. The van der Waals surface area contributed by atoms with Crippen molar-refractivity contribution < 1.29 is 30.3 Å². The number of allylic oxidation sites excluding steroid dienone is 1. The molecule has 0 aromatic carbocycles. The minimum absolute atomic E-state index is 0.00289. The predicted molar refractivity (Wildman–Crippen MR) is 51.5 cm³/mol. The second-order valence-corrected chi connectivity index (χ2v) is 3.14. The van der Waals surface area contributed by atoms with Crippen molar-refractivity contribution in [1.29, 1.82) is 0 Å². The Labute approximate surface area is 91.0 Å². The summed E-state index contributed by atoms with van der Waals surface area (Å²) in [5.74, 6) is -0.739. The van der Waals surface area contributed by atoms with Crippen molar-refractivity contribution in [3.63, 3.8) is 0 Å². The molecule has 0 aliphatic carbocycles. The van der Waals surface area contributed by atoms with Gasteiger partial charge in [0.05, 0.1) is 0 Å². The van der Waals surface area contributed by atoms with E-state index in [2.05, 4.69) is 0 Å². The van der Waals surface area contributed by atoms with Gasteiger partial charge in [-0.2, -0.15) is 0 Å². The van der Waals surface area contributed by atoms with Crippen LogP contribution in [0.4, 0.5) is 0 Å². The molecule has 7 heteroatoms. The van der Waals surface area contributed by atoms with Crippen LogP contribution in [-0.2, 0) is 4.79 Å². The quantitative estimate of drug-likeness (QED) is 0.215. The van der Waals surface area contributed by atoms with Crippen molar-refractivity contribution in [3.05, 3.63) is 11.8 Å². The molecule has 4 atom stereocenters. The fraction of sp³-hybridized carbons (Fsp3) is 0.625. The summed E-state index contributed by atoms with van der Waals surface area (Å²) in [5.41, 5.74) is 0. The van der Waals surface area contributed by atoms with Crippen molar-refractivity contribution in [2.45, 2.75) is 24.4 Å². The molecule has 0 aromatic heterocycles. The second-order valence-electron chi connectivity index (χ2n) is 2.84. The van der Waals surface area contributed by atoms with E-state index in [1.165, 1.54) is 0 Å². The highest BCUT2D eigenvalue weighted by atomic mass is 35.5. The monoisotopic (exact) mass is 240 g/mol. The van der Waals surface area contributed by atoms with E-state index >= 15 is 0 Å². The number of aliphatic hydroxyl groups excluding tert-OH is 5. The zero-order chi connectivity index (χ0) is 12.0. The fourth-order valence-corrected chi connectivity index (χ4v) is 1.00. The molecule has 0 amide bonds. The van der Waals surface area contributed by atoms with Crippen molar-refractivity contribution in [3.8, 4) is 0 Å². The van der Waals surface area contributed by atoms with E-state index in [0.717, 1.165) is 6.08 Å². The molecule has 0 aliphatic heterocycles. The first kappa shape index (κ1) is 14.3.